The van der Waals surface area contributed by atoms with Crippen molar-refractivity contribution in [3.05, 3.63) is 46.4 Å². The highest BCUT2D eigenvalue weighted by Crippen LogP contribution is 2.24. The second-order valence-electron chi connectivity index (χ2n) is 3.99. The Hall–Kier alpha value is -0.880. The monoisotopic (exact) mass is 294 g/mol. The number of hydrogen-bond donors (Lipinski definition) is 1. The summed E-state index contributed by atoms with van der Waals surface area (Å²) in [5, 5.41) is 4.51. The fourth-order valence-electron chi connectivity index (χ4n) is 1.54. The van der Waals surface area contributed by atoms with Gasteiger partial charge in [0.1, 0.15) is 5.01 Å². The third-order valence-electron chi connectivity index (χ3n) is 2.49. The lowest BCUT2D eigenvalue weighted by Crippen LogP contribution is -2.17. The zero-order chi connectivity index (χ0) is 13.3. The Morgan fingerprint density at radius 3 is 2.95 bits per heavy atom. The predicted octanol–water partition coefficient (Wildman–Crippen LogP) is 3.17. The second kappa shape index (κ2) is 8.32. The van der Waals surface area contributed by atoms with Crippen molar-refractivity contribution >= 4 is 23.1 Å². The van der Waals surface area contributed by atoms with E-state index < -0.39 is 0 Å². The van der Waals surface area contributed by atoms with Crippen LogP contribution in [0.2, 0.25) is 0 Å². The van der Waals surface area contributed by atoms with Crippen LogP contribution in [0.15, 0.2) is 41.4 Å². The minimum atomic E-state index is 0.746. The van der Waals surface area contributed by atoms with Crippen LogP contribution in [0.3, 0.4) is 0 Å². The third kappa shape index (κ3) is 5.32. The first-order valence-corrected chi connectivity index (χ1v) is 8.00. The van der Waals surface area contributed by atoms with Gasteiger partial charge in [-0.05, 0) is 12.1 Å². The molecule has 0 radical (unpaired) electrons. The topological polar surface area (TPSA) is 34.1 Å². The molecule has 2 rings (SSSR count). The summed E-state index contributed by atoms with van der Waals surface area (Å²) in [4.78, 5) is 7.02. The molecule has 3 nitrogen and oxygen atoms in total. The highest BCUT2D eigenvalue weighted by Gasteiger charge is 2.02. The van der Waals surface area contributed by atoms with Crippen molar-refractivity contribution in [2.24, 2.45) is 0 Å². The molecule has 19 heavy (non-hydrogen) atoms. The molecule has 0 aliphatic rings. The molecule has 0 amide bonds. The minimum Gasteiger partial charge on any atom is -0.383 e. The van der Waals surface area contributed by atoms with Crippen molar-refractivity contribution in [3.8, 4) is 0 Å². The maximum atomic E-state index is 4.99. The van der Waals surface area contributed by atoms with Gasteiger partial charge in [0.25, 0.3) is 0 Å². The Balaban J connectivity index is 1.74. The number of nitrogens with zero attached hydrogens (tertiary/aromatic N) is 1. The van der Waals surface area contributed by atoms with Gasteiger partial charge in [-0.1, -0.05) is 18.2 Å². The van der Waals surface area contributed by atoms with Gasteiger partial charge < -0.3 is 10.1 Å². The Bertz CT molecular complexity index is 473. The number of thiazole rings is 1. The van der Waals surface area contributed by atoms with Crippen LogP contribution in [0.25, 0.3) is 0 Å². The van der Waals surface area contributed by atoms with Gasteiger partial charge in [0, 0.05) is 36.2 Å². The Morgan fingerprint density at radius 1 is 1.32 bits per heavy atom. The molecule has 0 atom stereocenters. The van der Waals surface area contributed by atoms with Gasteiger partial charge in [-0.25, -0.2) is 4.98 Å². The number of methoxy groups -OCH3 is 1. The summed E-state index contributed by atoms with van der Waals surface area (Å²) in [6.45, 7) is 2.50. The fourth-order valence-corrected chi connectivity index (χ4v) is 3.36. The average Bonchev–Trinajstić information content (AvgIpc) is 2.91. The molecule has 1 heterocycles. The first kappa shape index (κ1) is 14.5. The molecule has 0 saturated heterocycles. The van der Waals surface area contributed by atoms with E-state index in [9.17, 15) is 0 Å². The number of aromatic nitrogens is 1. The lowest BCUT2D eigenvalue weighted by atomic mass is 10.4. The van der Waals surface area contributed by atoms with E-state index in [2.05, 4.69) is 34.6 Å². The highest BCUT2D eigenvalue weighted by atomic mass is 32.2. The lowest BCUT2D eigenvalue weighted by Gasteiger charge is -2.00. The van der Waals surface area contributed by atoms with Crippen molar-refractivity contribution in [2.45, 2.75) is 17.2 Å². The molecule has 102 valence electrons. The molecule has 5 heteroatoms. The van der Waals surface area contributed by atoms with Crippen LogP contribution in [0.5, 0.6) is 0 Å². The van der Waals surface area contributed by atoms with E-state index >= 15 is 0 Å². The second-order valence-corrected chi connectivity index (χ2v) is 6.24. The highest BCUT2D eigenvalue weighted by molar-refractivity contribution is 7.98. The number of ether oxygens (including phenoxy) is 1. The van der Waals surface area contributed by atoms with Gasteiger partial charge in [-0.15, -0.1) is 23.1 Å². The van der Waals surface area contributed by atoms with E-state index in [4.69, 9.17) is 4.74 Å². The molecule has 0 saturated carbocycles. The number of nitrogens with one attached hydrogen (secondary N) is 1. The summed E-state index contributed by atoms with van der Waals surface area (Å²) >= 11 is 3.60. The van der Waals surface area contributed by atoms with E-state index in [1.807, 2.05) is 24.0 Å². The van der Waals surface area contributed by atoms with Gasteiger partial charge in [0.2, 0.25) is 0 Å². The van der Waals surface area contributed by atoms with E-state index in [1.165, 1.54) is 14.8 Å². The quantitative estimate of drug-likeness (QED) is 0.599. The van der Waals surface area contributed by atoms with Crippen LogP contribution < -0.4 is 5.32 Å². The number of benzene rings is 1. The number of thioether (sulfide) groups is 1. The molecular weight excluding hydrogens is 276 g/mol. The summed E-state index contributed by atoms with van der Waals surface area (Å²) in [7, 11) is 1.72. The fraction of sp³-hybridized carbons (Fsp3) is 0.357. The third-order valence-corrected chi connectivity index (χ3v) is 4.69. The van der Waals surface area contributed by atoms with Crippen LogP contribution in [-0.2, 0) is 17.0 Å². The molecular formula is C14H18N2OS2. The Labute approximate surface area is 122 Å². The van der Waals surface area contributed by atoms with E-state index in [0.717, 1.165) is 25.4 Å². The normalized spacial score (nSPS) is 10.8. The maximum absolute atomic E-state index is 4.99. The first-order chi connectivity index (χ1) is 9.38. The minimum absolute atomic E-state index is 0.746. The molecule has 0 bridgehead atoms. The van der Waals surface area contributed by atoms with E-state index in [0.29, 0.717) is 0 Å². The molecule has 0 aliphatic heterocycles. The Kier molecular flexibility index (Phi) is 6.36. The molecule has 0 fully saturated rings. The van der Waals surface area contributed by atoms with E-state index in [1.54, 1.807) is 18.4 Å². The average molecular weight is 294 g/mol. The summed E-state index contributed by atoms with van der Waals surface area (Å²) in [6.07, 6.45) is 1.96. The van der Waals surface area contributed by atoms with Crippen LogP contribution in [0, 0.1) is 0 Å². The van der Waals surface area contributed by atoms with Crippen LogP contribution in [0.4, 0.5) is 0 Å². The van der Waals surface area contributed by atoms with Crippen LogP contribution in [0.1, 0.15) is 9.88 Å². The smallest absolute Gasteiger partial charge is 0.103 e. The standard InChI is InChI=1S/C14H18N2OS2/c1-17-8-7-15-9-13-10-16-14(19-13)11-18-12-5-3-2-4-6-12/h2-6,10,15H,7-9,11H2,1H3. The van der Waals surface area contributed by atoms with Gasteiger partial charge in [-0.3, -0.25) is 0 Å². The van der Waals surface area contributed by atoms with E-state index in [-0.39, 0.29) is 0 Å². The van der Waals surface area contributed by atoms with Crippen molar-refractivity contribution in [2.75, 3.05) is 20.3 Å². The molecule has 0 unspecified atom stereocenters. The molecule has 0 aliphatic carbocycles. The van der Waals surface area contributed by atoms with Crippen LogP contribution >= 0.6 is 23.1 Å². The molecule has 1 aromatic heterocycles. The molecule has 0 spiro atoms. The van der Waals surface area contributed by atoms with Crippen molar-refractivity contribution in [1.82, 2.24) is 10.3 Å². The zero-order valence-electron chi connectivity index (χ0n) is 11.0. The molecule has 1 aromatic carbocycles. The van der Waals surface area contributed by atoms with Gasteiger partial charge in [-0.2, -0.15) is 0 Å². The number of rotatable bonds is 8. The summed E-state index contributed by atoms with van der Waals surface area (Å²) < 4.78 is 4.99. The number of hydrogen-bond acceptors (Lipinski definition) is 5. The molecule has 2 aromatic rings. The summed E-state index contributed by atoms with van der Waals surface area (Å²) in [5.41, 5.74) is 0. The van der Waals surface area contributed by atoms with Crippen LogP contribution in [-0.4, -0.2) is 25.2 Å². The largest absolute Gasteiger partial charge is 0.383 e. The van der Waals surface area contributed by atoms with Crippen molar-refractivity contribution in [1.29, 1.82) is 0 Å². The van der Waals surface area contributed by atoms with Crippen molar-refractivity contribution in [3.63, 3.8) is 0 Å². The predicted molar refractivity (Wildman–Crippen MR) is 81.7 cm³/mol. The SMILES string of the molecule is COCCNCc1cnc(CSc2ccccc2)s1. The van der Waals surface area contributed by atoms with Gasteiger partial charge >= 0.3 is 0 Å². The first-order valence-electron chi connectivity index (χ1n) is 6.19. The van der Waals surface area contributed by atoms with Gasteiger partial charge in [0.15, 0.2) is 0 Å². The zero-order valence-corrected chi connectivity index (χ0v) is 12.6. The maximum Gasteiger partial charge on any atom is 0.103 e. The van der Waals surface area contributed by atoms with Gasteiger partial charge in [0.05, 0.1) is 12.4 Å². The Morgan fingerprint density at radius 2 is 2.16 bits per heavy atom. The summed E-state index contributed by atoms with van der Waals surface area (Å²) in [5.74, 6) is 0.937. The summed E-state index contributed by atoms with van der Waals surface area (Å²) in [6, 6.07) is 10.4. The lowest BCUT2D eigenvalue weighted by molar-refractivity contribution is 0.199. The molecule has 1 N–H and O–H groups in total. The van der Waals surface area contributed by atoms with Crippen molar-refractivity contribution < 1.29 is 4.74 Å².